The number of hydrogen-bond donors (Lipinski definition) is 0. The molecule has 0 radical (unpaired) electrons. The first-order valence-corrected chi connectivity index (χ1v) is 11.2. The van der Waals surface area contributed by atoms with E-state index >= 15 is 0 Å². The third-order valence-electron chi connectivity index (χ3n) is 6.06. The predicted molar refractivity (Wildman–Crippen MR) is 122 cm³/mol. The zero-order valence-electron chi connectivity index (χ0n) is 18.3. The minimum atomic E-state index is -0.202. The third kappa shape index (κ3) is 6.56. The van der Waals surface area contributed by atoms with E-state index in [0.29, 0.717) is 18.9 Å². The molecule has 1 aliphatic rings. The lowest BCUT2D eigenvalue weighted by atomic mass is 9.80. The van der Waals surface area contributed by atoms with Crippen LogP contribution in [0.25, 0.3) is 11.1 Å². The first-order chi connectivity index (χ1) is 14.7. The Morgan fingerprint density at radius 2 is 1.77 bits per heavy atom. The van der Waals surface area contributed by atoms with Gasteiger partial charge in [0, 0.05) is 5.92 Å². The van der Waals surface area contributed by atoms with E-state index in [4.69, 9.17) is 9.47 Å². The third-order valence-corrected chi connectivity index (χ3v) is 6.06. The van der Waals surface area contributed by atoms with E-state index in [1.54, 1.807) is 0 Å². The first kappa shape index (κ1) is 22.3. The summed E-state index contributed by atoms with van der Waals surface area (Å²) >= 11 is 0. The summed E-state index contributed by atoms with van der Waals surface area (Å²) in [5, 5.41) is 0. The zero-order chi connectivity index (χ0) is 21.2. The maximum atomic E-state index is 11.4. The van der Waals surface area contributed by atoms with Crippen molar-refractivity contribution in [2.24, 2.45) is 11.8 Å². The first-order valence-electron chi connectivity index (χ1n) is 11.2. The molecule has 3 rings (SSSR count). The molecule has 0 aliphatic heterocycles. The Morgan fingerprint density at radius 1 is 1.03 bits per heavy atom. The maximum Gasteiger partial charge on any atom is 0.309 e. The molecule has 1 fully saturated rings. The molecule has 2 aromatic rings. The van der Waals surface area contributed by atoms with E-state index in [2.05, 4.69) is 61.5 Å². The van der Waals surface area contributed by atoms with Crippen LogP contribution in [0.2, 0.25) is 0 Å². The maximum absolute atomic E-state index is 11.4. The second kappa shape index (κ2) is 11.7. The Balaban J connectivity index is 1.68. The van der Waals surface area contributed by atoms with Crippen LogP contribution < -0.4 is 0 Å². The SMILES string of the molecule is COC(=O)C/C=C/C(C)C(OCc1cccc(-c2ccccc2)c1)C1CCCCC1. The van der Waals surface area contributed by atoms with Crippen LogP contribution in [-0.2, 0) is 20.9 Å². The second-order valence-electron chi connectivity index (χ2n) is 8.31. The highest BCUT2D eigenvalue weighted by atomic mass is 16.5. The predicted octanol–water partition coefficient (Wildman–Crippen LogP) is 6.57. The second-order valence-corrected chi connectivity index (χ2v) is 8.31. The van der Waals surface area contributed by atoms with Crippen LogP contribution in [0.5, 0.6) is 0 Å². The van der Waals surface area contributed by atoms with Crippen molar-refractivity contribution in [3.8, 4) is 11.1 Å². The molecule has 0 bridgehead atoms. The number of methoxy groups -OCH3 is 1. The number of carbonyl (C=O) groups excluding carboxylic acids is 1. The molecule has 0 amide bonds. The molecule has 2 atom stereocenters. The molecular weight excluding hydrogens is 372 g/mol. The molecule has 1 saturated carbocycles. The molecule has 0 N–H and O–H groups in total. The molecular formula is C27H34O3. The average Bonchev–Trinajstić information content (AvgIpc) is 2.80. The lowest BCUT2D eigenvalue weighted by Crippen LogP contribution is -2.31. The fourth-order valence-corrected chi connectivity index (χ4v) is 4.42. The van der Waals surface area contributed by atoms with E-state index in [1.807, 2.05) is 12.1 Å². The number of rotatable bonds is 9. The van der Waals surface area contributed by atoms with Crippen molar-refractivity contribution in [3.63, 3.8) is 0 Å². The normalized spacial score (nSPS) is 17.0. The molecule has 30 heavy (non-hydrogen) atoms. The fourth-order valence-electron chi connectivity index (χ4n) is 4.42. The summed E-state index contributed by atoms with van der Waals surface area (Å²) in [5.74, 6) is 0.634. The Hall–Kier alpha value is -2.39. The molecule has 1 aliphatic carbocycles. The van der Waals surface area contributed by atoms with Crippen molar-refractivity contribution in [2.75, 3.05) is 7.11 Å². The van der Waals surface area contributed by atoms with Crippen molar-refractivity contribution in [1.29, 1.82) is 0 Å². The van der Waals surface area contributed by atoms with Gasteiger partial charge in [0.15, 0.2) is 0 Å². The summed E-state index contributed by atoms with van der Waals surface area (Å²) in [6.07, 6.45) is 10.9. The van der Waals surface area contributed by atoms with Gasteiger partial charge in [-0.1, -0.05) is 86.9 Å². The van der Waals surface area contributed by atoms with Crippen LogP contribution in [0.3, 0.4) is 0 Å². The summed E-state index contributed by atoms with van der Waals surface area (Å²) in [5.41, 5.74) is 3.64. The van der Waals surface area contributed by atoms with Crippen LogP contribution in [0, 0.1) is 11.8 Å². The Kier molecular flexibility index (Phi) is 8.70. The van der Waals surface area contributed by atoms with E-state index in [1.165, 1.54) is 55.9 Å². The minimum absolute atomic E-state index is 0.166. The number of hydrogen-bond acceptors (Lipinski definition) is 3. The van der Waals surface area contributed by atoms with Crippen molar-refractivity contribution < 1.29 is 14.3 Å². The van der Waals surface area contributed by atoms with Crippen LogP contribution in [0.1, 0.15) is 51.0 Å². The van der Waals surface area contributed by atoms with E-state index in [9.17, 15) is 4.79 Å². The summed E-state index contributed by atoms with van der Waals surface area (Å²) in [4.78, 5) is 11.4. The van der Waals surface area contributed by atoms with Crippen molar-refractivity contribution in [3.05, 3.63) is 72.3 Å². The van der Waals surface area contributed by atoms with Crippen LogP contribution in [0.15, 0.2) is 66.7 Å². The van der Waals surface area contributed by atoms with Crippen LogP contribution in [-0.4, -0.2) is 19.2 Å². The number of benzene rings is 2. The quantitative estimate of drug-likeness (QED) is 0.349. The Bertz CT molecular complexity index is 806. The molecule has 0 saturated heterocycles. The van der Waals surface area contributed by atoms with E-state index in [-0.39, 0.29) is 18.0 Å². The number of esters is 1. The molecule has 0 aromatic heterocycles. The lowest BCUT2D eigenvalue weighted by molar-refractivity contribution is -0.139. The van der Waals surface area contributed by atoms with Gasteiger partial charge in [-0.05, 0) is 41.5 Å². The minimum Gasteiger partial charge on any atom is -0.469 e. The summed E-state index contributed by atoms with van der Waals surface area (Å²) in [6.45, 7) is 2.81. The molecule has 3 nitrogen and oxygen atoms in total. The van der Waals surface area contributed by atoms with Gasteiger partial charge in [0.05, 0.1) is 26.2 Å². The van der Waals surface area contributed by atoms with Crippen molar-refractivity contribution in [1.82, 2.24) is 0 Å². The van der Waals surface area contributed by atoms with Crippen LogP contribution >= 0.6 is 0 Å². The monoisotopic (exact) mass is 406 g/mol. The summed E-state index contributed by atoms with van der Waals surface area (Å²) in [7, 11) is 1.43. The van der Waals surface area contributed by atoms with Gasteiger partial charge >= 0.3 is 5.97 Å². The van der Waals surface area contributed by atoms with Gasteiger partial charge in [0.1, 0.15) is 0 Å². The Labute approximate surface area is 181 Å². The molecule has 0 spiro atoms. The topological polar surface area (TPSA) is 35.5 Å². The number of ether oxygens (including phenoxy) is 2. The van der Waals surface area contributed by atoms with Gasteiger partial charge in [0.2, 0.25) is 0 Å². The highest BCUT2D eigenvalue weighted by Gasteiger charge is 2.28. The van der Waals surface area contributed by atoms with Gasteiger partial charge in [-0.2, -0.15) is 0 Å². The Morgan fingerprint density at radius 3 is 2.50 bits per heavy atom. The van der Waals surface area contributed by atoms with Gasteiger partial charge in [-0.15, -0.1) is 0 Å². The largest absolute Gasteiger partial charge is 0.469 e. The highest BCUT2D eigenvalue weighted by Crippen LogP contribution is 2.33. The molecule has 3 heteroatoms. The summed E-state index contributed by atoms with van der Waals surface area (Å²) < 4.78 is 11.3. The van der Waals surface area contributed by atoms with Crippen LogP contribution in [0.4, 0.5) is 0 Å². The van der Waals surface area contributed by atoms with Gasteiger partial charge in [-0.3, -0.25) is 4.79 Å². The van der Waals surface area contributed by atoms with Gasteiger partial charge < -0.3 is 9.47 Å². The summed E-state index contributed by atoms with van der Waals surface area (Å²) in [6, 6.07) is 19.1. The smallest absolute Gasteiger partial charge is 0.309 e. The number of carbonyl (C=O) groups is 1. The average molecular weight is 407 g/mol. The van der Waals surface area contributed by atoms with Gasteiger partial charge in [-0.25, -0.2) is 0 Å². The molecule has 2 aromatic carbocycles. The standard InChI is InChI=1S/C27H34O3/c1-21(11-9-18-26(28)29-2)27(24-15-7-4-8-16-24)30-20-22-12-10-17-25(19-22)23-13-5-3-6-14-23/h3,5-6,9-14,17,19,21,24,27H,4,7-8,15-16,18,20H2,1-2H3/b11-9+. The zero-order valence-corrected chi connectivity index (χ0v) is 18.3. The molecule has 160 valence electrons. The fraction of sp³-hybridized carbons (Fsp3) is 0.444. The molecule has 2 unspecified atom stereocenters. The van der Waals surface area contributed by atoms with E-state index < -0.39 is 0 Å². The van der Waals surface area contributed by atoms with E-state index in [0.717, 1.165) is 0 Å². The molecule has 0 heterocycles. The highest BCUT2D eigenvalue weighted by molar-refractivity contribution is 5.70. The van der Waals surface area contributed by atoms with Crippen molar-refractivity contribution in [2.45, 2.75) is 58.2 Å². The van der Waals surface area contributed by atoms with Crippen molar-refractivity contribution >= 4 is 5.97 Å². The lowest BCUT2D eigenvalue weighted by Gasteiger charge is -2.33. The van der Waals surface area contributed by atoms with Gasteiger partial charge in [0.25, 0.3) is 0 Å².